The number of anilines is 1. The Labute approximate surface area is 159 Å². The van der Waals surface area contributed by atoms with E-state index in [0.29, 0.717) is 0 Å². The van der Waals surface area contributed by atoms with Gasteiger partial charge in [0, 0.05) is 32.6 Å². The Morgan fingerprint density at radius 3 is 2.57 bits per heavy atom. The molecule has 0 bridgehead atoms. The van der Waals surface area contributed by atoms with E-state index in [1.807, 2.05) is 0 Å². The molecule has 146 valence electrons. The van der Waals surface area contributed by atoms with Crippen molar-refractivity contribution in [2.75, 3.05) is 18.5 Å². The number of nitro benzene ring substituents is 1. The number of nitrogens with zero attached hydrogens (tertiary/aromatic N) is 3. The Hall–Kier alpha value is -3.36. The first kappa shape index (κ1) is 19.4. The molecule has 28 heavy (non-hydrogen) atoms. The fraction of sp³-hybridized carbons (Fsp3) is 0.263. The lowest BCUT2D eigenvalue weighted by Crippen LogP contribution is -2.34. The molecule has 2 aromatic carbocycles. The zero-order valence-electron chi connectivity index (χ0n) is 15.0. The predicted molar refractivity (Wildman–Crippen MR) is 96.4 cm³/mol. The standard InChI is InChI=1S/C19H17F2N3O4/c1-22(10-12-2-4-14(20)5-3-12)19(26)13-8-18(25)23(11-13)15-6-7-16(21)17(9-15)24(27)28/h2-7,9,13H,8,10-11H2,1H3. The minimum absolute atomic E-state index is 0.0439. The minimum atomic E-state index is -0.993. The van der Waals surface area contributed by atoms with Gasteiger partial charge < -0.3 is 9.80 Å². The number of amides is 2. The first-order valence-electron chi connectivity index (χ1n) is 8.50. The predicted octanol–water partition coefficient (Wildman–Crippen LogP) is 2.88. The SMILES string of the molecule is CN(Cc1ccc(F)cc1)C(=O)C1CC(=O)N(c2ccc(F)c([N+](=O)[O-])c2)C1. The molecule has 0 spiro atoms. The zero-order chi connectivity index (χ0) is 20.4. The highest BCUT2D eigenvalue weighted by Gasteiger charge is 2.37. The lowest BCUT2D eigenvalue weighted by atomic mass is 10.1. The third-order valence-corrected chi connectivity index (χ3v) is 4.62. The number of nitro groups is 1. The van der Waals surface area contributed by atoms with Gasteiger partial charge in [0.2, 0.25) is 17.6 Å². The van der Waals surface area contributed by atoms with Crippen LogP contribution in [0, 0.1) is 27.7 Å². The summed E-state index contributed by atoms with van der Waals surface area (Å²) in [5, 5.41) is 10.9. The third-order valence-electron chi connectivity index (χ3n) is 4.62. The first-order valence-corrected chi connectivity index (χ1v) is 8.50. The van der Waals surface area contributed by atoms with Crippen LogP contribution in [0.15, 0.2) is 42.5 Å². The molecule has 1 heterocycles. The summed E-state index contributed by atoms with van der Waals surface area (Å²) in [5.41, 5.74) is 0.190. The summed E-state index contributed by atoms with van der Waals surface area (Å²) >= 11 is 0. The van der Waals surface area contributed by atoms with Gasteiger partial charge in [-0.1, -0.05) is 12.1 Å². The largest absolute Gasteiger partial charge is 0.341 e. The van der Waals surface area contributed by atoms with Gasteiger partial charge in [-0.15, -0.1) is 0 Å². The normalized spacial score (nSPS) is 16.3. The van der Waals surface area contributed by atoms with Crippen molar-refractivity contribution in [2.24, 2.45) is 5.92 Å². The Morgan fingerprint density at radius 1 is 1.25 bits per heavy atom. The quantitative estimate of drug-likeness (QED) is 0.582. The molecule has 0 aliphatic carbocycles. The lowest BCUT2D eigenvalue weighted by molar-refractivity contribution is -0.387. The summed E-state index contributed by atoms with van der Waals surface area (Å²) in [4.78, 5) is 37.7. The van der Waals surface area contributed by atoms with E-state index in [4.69, 9.17) is 0 Å². The van der Waals surface area contributed by atoms with Gasteiger partial charge in [0.15, 0.2) is 0 Å². The summed E-state index contributed by atoms with van der Waals surface area (Å²) in [7, 11) is 1.58. The number of hydrogen-bond acceptors (Lipinski definition) is 4. The molecule has 1 fully saturated rings. The molecule has 0 radical (unpaired) electrons. The summed E-state index contributed by atoms with van der Waals surface area (Å²) in [5.74, 6) is -2.62. The second-order valence-corrected chi connectivity index (χ2v) is 6.62. The minimum Gasteiger partial charge on any atom is -0.341 e. The number of rotatable bonds is 5. The van der Waals surface area contributed by atoms with Crippen LogP contribution >= 0.6 is 0 Å². The lowest BCUT2D eigenvalue weighted by Gasteiger charge is -2.21. The van der Waals surface area contributed by atoms with Crippen LogP contribution in [-0.4, -0.2) is 35.2 Å². The van der Waals surface area contributed by atoms with Crippen LogP contribution in [-0.2, 0) is 16.1 Å². The fourth-order valence-electron chi connectivity index (χ4n) is 3.18. The molecule has 9 heteroatoms. The molecule has 0 N–H and O–H groups in total. The maximum absolute atomic E-state index is 13.5. The van der Waals surface area contributed by atoms with Crippen molar-refractivity contribution in [1.82, 2.24) is 4.90 Å². The number of benzene rings is 2. The summed E-state index contributed by atoms with van der Waals surface area (Å²) in [6.07, 6.45) is -0.0439. The van der Waals surface area contributed by atoms with Crippen molar-refractivity contribution in [3.63, 3.8) is 0 Å². The number of hydrogen-bond donors (Lipinski definition) is 0. The van der Waals surface area contributed by atoms with Crippen LogP contribution in [0.25, 0.3) is 0 Å². The van der Waals surface area contributed by atoms with Crippen molar-refractivity contribution in [1.29, 1.82) is 0 Å². The van der Waals surface area contributed by atoms with E-state index in [2.05, 4.69) is 0 Å². The van der Waals surface area contributed by atoms with E-state index in [1.165, 1.54) is 28.0 Å². The molecule has 2 aromatic rings. The third kappa shape index (κ3) is 3.98. The fourth-order valence-corrected chi connectivity index (χ4v) is 3.18. The molecular weight excluding hydrogens is 372 g/mol. The summed E-state index contributed by atoms with van der Waals surface area (Å²) in [6, 6.07) is 8.94. The maximum Gasteiger partial charge on any atom is 0.306 e. The summed E-state index contributed by atoms with van der Waals surface area (Å²) < 4.78 is 26.5. The highest BCUT2D eigenvalue weighted by molar-refractivity contribution is 6.00. The molecule has 1 aliphatic heterocycles. The smallest absolute Gasteiger partial charge is 0.306 e. The molecule has 7 nitrogen and oxygen atoms in total. The van der Waals surface area contributed by atoms with Crippen LogP contribution in [0.4, 0.5) is 20.2 Å². The van der Waals surface area contributed by atoms with Crippen LogP contribution in [0.3, 0.4) is 0 Å². The van der Waals surface area contributed by atoms with E-state index >= 15 is 0 Å². The van der Waals surface area contributed by atoms with Crippen molar-refractivity contribution in [2.45, 2.75) is 13.0 Å². The van der Waals surface area contributed by atoms with Crippen molar-refractivity contribution < 1.29 is 23.3 Å². The van der Waals surface area contributed by atoms with Gasteiger partial charge in [0.25, 0.3) is 0 Å². The highest BCUT2D eigenvalue weighted by atomic mass is 19.1. The van der Waals surface area contributed by atoms with Gasteiger partial charge in [-0.3, -0.25) is 19.7 Å². The van der Waals surface area contributed by atoms with Crippen LogP contribution < -0.4 is 4.90 Å². The van der Waals surface area contributed by atoms with E-state index in [0.717, 1.165) is 17.7 Å². The van der Waals surface area contributed by atoms with E-state index < -0.39 is 22.3 Å². The van der Waals surface area contributed by atoms with E-state index in [-0.39, 0.29) is 42.8 Å². The monoisotopic (exact) mass is 389 g/mol. The average Bonchev–Trinajstić information content (AvgIpc) is 3.04. The van der Waals surface area contributed by atoms with Crippen LogP contribution in [0.1, 0.15) is 12.0 Å². The van der Waals surface area contributed by atoms with Gasteiger partial charge in [0.05, 0.1) is 16.5 Å². The Bertz CT molecular complexity index is 933. The van der Waals surface area contributed by atoms with Crippen LogP contribution in [0.5, 0.6) is 0 Å². The summed E-state index contributed by atoms with van der Waals surface area (Å²) in [6.45, 7) is 0.306. The molecule has 1 atom stereocenters. The number of carbonyl (C=O) groups is 2. The van der Waals surface area contributed by atoms with Gasteiger partial charge >= 0.3 is 5.69 Å². The van der Waals surface area contributed by atoms with Crippen molar-refractivity contribution in [3.05, 3.63) is 69.8 Å². The second kappa shape index (κ2) is 7.71. The molecule has 1 aliphatic rings. The van der Waals surface area contributed by atoms with E-state index in [9.17, 15) is 28.5 Å². The van der Waals surface area contributed by atoms with Gasteiger partial charge in [-0.05, 0) is 29.8 Å². The van der Waals surface area contributed by atoms with Crippen molar-refractivity contribution >= 4 is 23.2 Å². The molecule has 3 rings (SSSR count). The molecule has 0 aromatic heterocycles. The molecule has 1 unspecified atom stereocenters. The average molecular weight is 389 g/mol. The Morgan fingerprint density at radius 2 is 1.93 bits per heavy atom. The maximum atomic E-state index is 13.5. The first-order chi connectivity index (χ1) is 13.3. The van der Waals surface area contributed by atoms with Gasteiger partial charge in [0.1, 0.15) is 5.82 Å². The van der Waals surface area contributed by atoms with E-state index in [1.54, 1.807) is 19.2 Å². The van der Waals surface area contributed by atoms with Crippen LogP contribution in [0.2, 0.25) is 0 Å². The molecular formula is C19H17F2N3O4. The number of halogens is 2. The Balaban J connectivity index is 1.71. The molecule has 0 saturated carbocycles. The Kier molecular flexibility index (Phi) is 5.34. The zero-order valence-corrected chi connectivity index (χ0v) is 15.0. The molecule has 1 saturated heterocycles. The van der Waals surface area contributed by atoms with Gasteiger partial charge in [-0.2, -0.15) is 4.39 Å². The highest BCUT2D eigenvalue weighted by Crippen LogP contribution is 2.30. The van der Waals surface area contributed by atoms with Crippen molar-refractivity contribution in [3.8, 4) is 0 Å². The molecule has 2 amide bonds. The number of carbonyl (C=O) groups excluding carboxylic acids is 2. The van der Waals surface area contributed by atoms with Gasteiger partial charge in [-0.25, -0.2) is 4.39 Å². The topological polar surface area (TPSA) is 83.8 Å². The second-order valence-electron chi connectivity index (χ2n) is 6.62.